The average Bonchev–Trinajstić information content (AvgIpc) is 2.62. The standard InChI is InChI=1S/C19H24N4O/c1-15-7-6-12-23(13-15)18(24)17-10-11-20-19(21-17)22(2)14-16-8-4-3-5-9-16/h3-5,8-11,15H,6-7,12-14H2,1-2H3. The molecule has 1 aromatic heterocycles. The van der Waals surface area contributed by atoms with Gasteiger partial charge in [0.15, 0.2) is 0 Å². The molecule has 2 heterocycles. The van der Waals surface area contributed by atoms with E-state index in [1.807, 2.05) is 35.0 Å². The van der Waals surface area contributed by atoms with Crippen molar-refractivity contribution >= 4 is 11.9 Å². The summed E-state index contributed by atoms with van der Waals surface area (Å²) in [7, 11) is 1.94. The minimum Gasteiger partial charge on any atom is -0.340 e. The second-order valence-electron chi connectivity index (χ2n) is 6.58. The van der Waals surface area contributed by atoms with E-state index in [9.17, 15) is 4.79 Å². The van der Waals surface area contributed by atoms with E-state index in [1.165, 1.54) is 12.0 Å². The second-order valence-corrected chi connectivity index (χ2v) is 6.58. The van der Waals surface area contributed by atoms with E-state index in [0.717, 1.165) is 19.5 Å². The number of aromatic nitrogens is 2. The smallest absolute Gasteiger partial charge is 0.272 e. The van der Waals surface area contributed by atoms with Crippen LogP contribution in [0.5, 0.6) is 0 Å². The van der Waals surface area contributed by atoms with Crippen LogP contribution < -0.4 is 4.90 Å². The molecule has 126 valence electrons. The quantitative estimate of drug-likeness (QED) is 0.867. The summed E-state index contributed by atoms with van der Waals surface area (Å²) in [5.41, 5.74) is 1.67. The number of carbonyl (C=O) groups is 1. The minimum atomic E-state index is 0.0123. The van der Waals surface area contributed by atoms with E-state index in [0.29, 0.717) is 24.1 Å². The number of hydrogen-bond donors (Lipinski definition) is 0. The third-order valence-corrected chi connectivity index (χ3v) is 4.41. The fourth-order valence-electron chi connectivity index (χ4n) is 3.12. The largest absolute Gasteiger partial charge is 0.340 e. The normalized spacial score (nSPS) is 17.6. The molecule has 1 atom stereocenters. The summed E-state index contributed by atoms with van der Waals surface area (Å²) in [6.45, 7) is 4.54. The molecule has 0 N–H and O–H groups in total. The fourth-order valence-corrected chi connectivity index (χ4v) is 3.12. The summed E-state index contributed by atoms with van der Waals surface area (Å²) in [5.74, 6) is 1.15. The molecular weight excluding hydrogens is 300 g/mol. The van der Waals surface area contributed by atoms with Gasteiger partial charge in [0.1, 0.15) is 5.69 Å². The maximum Gasteiger partial charge on any atom is 0.272 e. The van der Waals surface area contributed by atoms with Crippen molar-refractivity contribution in [3.05, 3.63) is 53.9 Å². The van der Waals surface area contributed by atoms with Gasteiger partial charge in [0.05, 0.1) is 0 Å². The summed E-state index contributed by atoms with van der Waals surface area (Å²) in [6, 6.07) is 11.9. The summed E-state index contributed by atoms with van der Waals surface area (Å²) < 4.78 is 0. The Bertz CT molecular complexity index is 689. The van der Waals surface area contributed by atoms with Crippen molar-refractivity contribution in [1.29, 1.82) is 0 Å². The fraction of sp³-hybridized carbons (Fsp3) is 0.421. The van der Waals surface area contributed by atoms with Gasteiger partial charge in [0, 0.05) is 32.9 Å². The predicted molar refractivity (Wildman–Crippen MR) is 94.9 cm³/mol. The van der Waals surface area contributed by atoms with Crippen LogP contribution >= 0.6 is 0 Å². The Labute approximate surface area is 143 Å². The number of anilines is 1. The summed E-state index contributed by atoms with van der Waals surface area (Å²) in [4.78, 5) is 25.4. The van der Waals surface area contributed by atoms with Crippen molar-refractivity contribution in [2.45, 2.75) is 26.3 Å². The Morgan fingerprint density at radius 1 is 1.29 bits per heavy atom. The van der Waals surface area contributed by atoms with Crippen LogP contribution in [0, 0.1) is 5.92 Å². The van der Waals surface area contributed by atoms with Crippen LogP contribution in [-0.4, -0.2) is 40.9 Å². The lowest BCUT2D eigenvalue weighted by Crippen LogP contribution is -2.39. The Balaban J connectivity index is 1.72. The van der Waals surface area contributed by atoms with Gasteiger partial charge in [-0.3, -0.25) is 4.79 Å². The van der Waals surface area contributed by atoms with Gasteiger partial charge in [0.2, 0.25) is 5.95 Å². The van der Waals surface area contributed by atoms with Gasteiger partial charge in [-0.2, -0.15) is 0 Å². The van der Waals surface area contributed by atoms with Crippen LogP contribution in [0.3, 0.4) is 0 Å². The summed E-state index contributed by atoms with van der Waals surface area (Å²) in [5, 5.41) is 0. The van der Waals surface area contributed by atoms with Crippen molar-refractivity contribution in [1.82, 2.24) is 14.9 Å². The molecule has 5 heteroatoms. The third-order valence-electron chi connectivity index (χ3n) is 4.41. The minimum absolute atomic E-state index is 0.0123. The van der Waals surface area contributed by atoms with Crippen LogP contribution in [0.25, 0.3) is 0 Å². The first-order chi connectivity index (χ1) is 11.6. The Morgan fingerprint density at radius 3 is 2.83 bits per heavy atom. The maximum absolute atomic E-state index is 12.7. The van der Waals surface area contributed by atoms with E-state index in [1.54, 1.807) is 12.3 Å². The molecule has 24 heavy (non-hydrogen) atoms. The molecule has 1 unspecified atom stereocenters. The molecule has 1 saturated heterocycles. The molecule has 0 bridgehead atoms. The number of likely N-dealkylation sites (tertiary alicyclic amines) is 1. The van der Waals surface area contributed by atoms with Crippen LogP contribution in [0.2, 0.25) is 0 Å². The second kappa shape index (κ2) is 7.43. The number of amides is 1. The number of hydrogen-bond acceptors (Lipinski definition) is 4. The van der Waals surface area contributed by atoms with Gasteiger partial charge >= 0.3 is 0 Å². The Morgan fingerprint density at radius 2 is 2.08 bits per heavy atom. The highest BCUT2D eigenvalue weighted by molar-refractivity contribution is 5.92. The molecular formula is C19H24N4O. The van der Waals surface area contributed by atoms with Crippen LogP contribution in [-0.2, 0) is 6.54 Å². The lowest BCUT2D eigenvalue weighted by atomic mass is 10.00. The Kier molecular flexibility index (Phi) is 5.08. The zero-order chi connectivity index (χ0) is 16.9. The first-order valence-corrected chi connectivity index (χ1v) is 8.51. The van der Waals surface area contributed by atoms with E-state index < -0.39 is 0 Å². The average molecular weight is 324 g/mol. The van der Waals surface area contributed by atoms with Crippen LogP contribution in [0.4, 0.5) is 5.95 Å². The zero-order valence-corrected chi connectivity index (χ0v) is 14.4. The van der Waals surface area contributed by atoms with Crippen molar-refractivity contribution < 1.29 is 4.79 Å². The molecule has 5 nitrogen and oxygen atoms in total. The number of rotatable bonds is 4. The number of carbonyl (C=O) groups excluding carboxylic acids is 1. The molecule has 1 aromatic carbocycles. The van der Waals surface area contributed by atoms with Gasteiger partial charge in [-0.15, -0.1) is 0 Å². The highest BCUT2D eigenvalue weighted by atomic mass is 16.2. The van der Waals surface area contributed by atoms with Gasteiger partial charge in [-0.25, -0.2) is 9.97 Å². The van der Waals surface area contributed by atoms with E-state index in [-0.39, 0.29) is 5.91 Å². The predicted octanol–water partition coefficient (Wildman–Crippen LogP) is 2.99. The van der Waals surface area contributed by atoms with Crippen molar-refractivity contribution in [2.24, 2.45) is 5.92 Å². The van der Waals surface area contributed by atoms with Gasteiger partial charge in [-0.1, -0.05) is 37.3 Å². The van der Waals surface area contributed by atoms with Gasteiger partial charge in [0.25, 0.3) is 5.91 Å². The lowest BCUT2D eigenvalue weighted by molar-refractivity contribution is 0.0677. The highest BCUT2D eigenvalue weighted by Gasteiger charge is 2.23. The van der Waals surface area contributed by atoms with Crippen LogP contribution in [0.1, 0.15) is 35.8 Å². The molecule has 0 saturated carbocycles. The molecule has 0 radical (unpaired) electrons. The number of benzene rings is 1. The molecule has 1 aliphatic heterocycles. The molecule has 2 aromatic rings. The highest BCUT2D eigenvalue weighted by Crippen LogP contribution is 2.18. The Hall–Kier alpha value is -2.43. The van der Waals surface area contributed by atoms with Crippen molar-refractivity contribution in [2.75, 3.05) is 25.0 Å². The summed E-state index contributed by atoms with van der Waals surface area (Å²) >= 11 is 0. The monoisotopic (exact) mass is 324 g/mol. The van der Waals surface area contributed by atoms with E-state index in [2.05, 4.69) is 29.0 Å². The van der Waals surface area contributed by atoms with Gasteiger partial charge in [-0.05, 0) is 30.4 Å². The van der Waals surface area contributed by atoms with Crippen molar-refractivity contribution in [3.63, 3.8) is 0 Å². The molecule has 1 fully saturated rings. The molecule has 0 aliphatic carbocycles. The number of nitrogens with zero attached hydrogens (tertiary/aromatic N) is 4. The third kappa shape index (κ3) is 3.91. The molecule has 1 amide bonds. The maximum atomic E-state index is 12.7. The van der Waals surface area contributed by atoms with Crippen LogP contribution in [0.15, 0.2) is 42.6 Å². The SMILES string of the molecule is CC1CCCN(C(=O)c2ccnc(N(C)Cc3ccccc3)n2)C1. The first-order valence-electron chi connectivity index (χ1n) is 8.51. The molecule has 1 aliphatic rings. The molecule has 3 rings (SSSR count). The van der Waals surface area contributed by atoms with Gasteiger partial charge < -0.3 is 9.80 Å². The number of piperidine rings is 1. The first kappa shape index (κ1) is 16.4. The van der Waals surface area contributed by atoms with E-state index in [4.69, 9.17) is 0 Å². The zero-order valence-electron chi connectivity index (χ0n) is 14.4. The topological polar surface area (TPSA) is 49.3 Å². The molecule has 0 spiro atoms. The summed E-state index contributed by atoms with van der Waals surface area (Å²) in [6.07, 6.45) is 3.93. The van der Waals surface area contributed by atoms with E-state index >= 15 is 0 Å². The lowest BCUT2D eigenvalue weighted by Gasteiger charge is -2.30. The van der Waals surface area contributed by atoms with Crippen molar-refractivity contribution in [3.8, 4) is 0 Å².